The van der Waals surface area contributed by atoms with Gasteiger partial charge >= 0.3 is 0 Å². The van der Waals surface area contributed by atoms with Gasteiger partial charge in [-0.05, 0) is 49.4 Å². The van der Waals surface area contributed by atoms with Crippen LogP contribution in [0.1, 0.15) is 66.7 Å². The monoisotopic (exact) mass is 276 g/mol. The highest BCUT2D eigenvalue weighted by atomic mass is 15.2. The van der Waals surface area contributed by atoms with Crippen LogP contribution in [0.4, 0.5) is 0 Å². The molecule has 2 fully saturated rings. The number of nitriles is 1. The molecule has 20 heavy (non-hydrogen) atoms. The van der Waals surface area contributed by atoms with E-state index in [1.165, 1.54) is 32.2 Å². The lowest BCUT2D eigenvalue weighted by Gasteiger charge is -2.45. The molecule has 2 aliphatic rings. The maximum Gasteiger partial charge on any atom is 0.0672 e. The van der Waals surface area contributed by atoms with E-state index in [0.29, 0.717) is 17.4 Å². The van der Waals surface area contributed by atoms with E-state index in [-0.39, 0.29) is 5.92 Å². The summed E-state index contributed by atoms with van der Waals surface area (Å²) in [5, 5.41) is 9.56. The van der Waals surface area contributed by atoms with Gasteiger partial charge in [0.25, 0.3) is 0 Å². The van der Waals surface area contributed by atoms with Crippen LogP contribution in [0.3, 0.4) is 0 Å². The average Bonchev–Trinajstić information content (AvgIpc) is 3.18. The minimum atomic E-state index is 0.257. The quantitative estimate of drug-likeness (QED) is 0.758. The normalized spacial score (nSPS) is 31.6. The number of nitrogens with zero attached hydrogens (tertiary/aromatic N) is 2. The van der Waals surface area contributed by atoms with Gasteiger partial charge in [-0.3, -0.25) is 4.90 Å². The molecule has 0 aliphatic heterocycles. The second kappa shape index (κ2) is 6.06. The van der Waals surface area contributed by atoms with Crippen LogP contribution >= 0.6 is 0 Å². The van der Waals surface area contributed by atoms with E-state index in [4.69, 9.17) is 0 Å². The van der Waals surface area contributed by atoms with Crippen LogP contribution in [0, 0.1) is 34.5 Å². The first-order chi connectivity index (χ1) is 9.32. The number of hydrogen-bond donors (Lipinski definition) is 0. The number of hydrogen-bond acceptors (Lipinski definition) is 2. The van der Waals surface area contributed by atoms with Gasteiger partial charge in [0.05, 0.1) is 12.0 Å². The van der Waals surface area contributed by atoms with E-state index in [2.05, 4.69) is 45.6 Å². The summed E-state index contributed by atoms with van der Waals surface area (Å²) in [7, 11) is 0. The molecule has 3 atom stereocenters. The molecule has 0 aromatic rings. The molecule has 0 heterocycles. The molecule has 0 aromatic carbocycles. The Hall–Kier alpha value is -0.550. The molecule has 0 radical (unpaired) electrons. The van der Waals surface area contributed by atoms with Gasteiger partial charge in [-0.25, -0.2) is 0 Å². The first-order valence-corrected chi connectivity index (χ1v) is 8.48. The molecule has 0 amide bonds. The lowest BCUT2D eigenvalue weighted by Crippen LogP contribution is -2.48. The molecule has 114 valence electrons. The predicted molar refractivity (Wildman–Crippen MR) is 84.3 cm³/mol. The largest absolute Gasteiger partial charge is 0.296 e. The minimum Gasteiger partial charge on any atom is -0.296 e. The van der Waals surface area contributed by atoms with Crippen molar-refractivity contribution >= 4 is 0 Å². The maximum atomic E-state index is 9.56. The van der Waals surface area contributed by atoms with Crippen molar-refractivity contribution in [2.75, 3.05) is 6.54 Å². The van der Waals surface area contributed by atoms with E-state index < -0.39 is 0 Å². The third-order valence-corrected chi connectivity index (χ3v) is 5.23. The molecular formula is C18H32N2. The van der Waals surface area contributed by atoms with Crippen molar-refractivity contribution in [3.63, 3.8) is 0 Å². The molecule has 0 N–H and O–H groups in total. The summed E-state index contributed by atoms with van der Waals surface area (Å²) in [5.41, 5.74) is 0.381. The minimum absolute atomic E-state index is 0.257. The lowest BCUT2D eigenvalue weighted by molar-refractivity contribution is 0.0484. The highest BCUT2D eigenvalue weighted by molar-refractivity contribution is 5.02. The fraction of sp³-hybridized carbons (Fsp3) is 0.944. The van der Waals surface area contributed by atoms with Crippen LogP contribution < -0.4 is 0 Å². The first kappa shape index (κ1) is 15.8. The van der Waals surface area contributed by atoms with Gasteiger partial charge in [0.1, 0.15) is 0 Å². The van der Waals surface area contributed by atoms with Gasteiger partial charge in [-0.2, -0.15) is 5.26 Å². The van der Waals surface area contributed by atoms with Crippen LogP contribution in [0.25, 0.3) is 0 Å². The summed E-state index contributed by atoms with van der Waals surface area (Å²) in [5.74, 6) is 1.73. The second-order valence-electron chi connectivity index (χ2n) is 8.50. The highest BCUT2D eigenvalue weighted by Gasteiger charge is 2.43. The van der Waals surface area contributed by atoms with E-state index in [0.717, 1.165) is 18.4 Å². The van der Waals surface area contributed by atoms with Crippen molar-refractivity contribution in [1.82, 2.24) is 4.90 Å². The SMILES string of the molecule is CC(C)CN(C1CC1)C1CC(C(C)(C)C)CCC1C#N. The van der Waals surface area contributed by atoms with Crippen molar-refractivity contribution in [3.8, 4) is 6.07 Å². The number of rotatable bonds is 4. The first-order valence-electron chi connectivity index (χ1n) is 8.48. The summed E-state index contributed by atoms with van der Waals surface area (Å²) < 4.78 is 0. The van der Waals surface area contributed by atoms with Crippen molar-refractivity contribution in [2.45, 2.75) is 78.8 Å². The third-order valence-electron chi connectivity index (χ3n) is 5.23. The molecule has 2 rings (SSSR count). The van der Waals surface area contributed by atoms with Crippen molar-refractivity contribution < 1.29 is 0 Å². The fourth-order valence-electron chi connectivity index (χ4n) is 3.83. The zero-order valence-corrected chi connectivity index (χ0v) is 14.0. The Balaban J connectivity index is 2.12. The molecule has 0 spiro atoms. The predicted octanol–water partition coefficient (Wildman–Crippen LogP) is 4.46. The summed E-state index contributed by atoms with van der Waals surface area (Å²) in [4.78, 5) is 2.70. The van der Waals surface area contributed by atoms with Gasteiger partial charge in [-0.1, -0.05) is 34.6 Å². The van der Waals surface area contributed by atoms with Crippen LogP contribution in [0.15, 0.2) is 0 Å². The van der Waals surface area contributed by atoms with E-state index >= 15 is 0 Å². The van der Waals surface area contributed by atoms with Crippen molar-refractivity contribution in [3.05, 3.63) is 0 Å². The molecule has 3 unspecified atom stereocenters. The Labute approximate surface area is 125 Å². The molecule has 0 aromatic heterocycles. The molecule has 0 bridgehead atoms. The Morgan fingerprint density at radius 3 is 2.25 bits per heavy atom. The second-order valence-corrected chi connectivity index (χ2v) is 8.50. The summed E-state index contributed by atoms with van der Waals surface area (Å²) >= 11 is 0. The fourth-order valence-corrected chi connectivity index (χ4v) is 3.83. The van der Waals surface area contributed by atoms with Gasteiger partial charge in [0.15, 0.2) is 0 Å². The molecular weight excluding hydrogens is 244 g/mol. The standard InChI is InChI=1S/C18H32N2/c1-13(2)12-20(16-8-9-16)17-10-15(18(3,4)5)7-6-14(17)11-19/h13-17H,6-10,12H2,1-5H3. The van der Waals surface area contributed by atoms with E-state index in [1.807, 2.05) is 0 Å². The lowest BCUT2D eigenvalue weighted by atomic mass is 9.67. The van der Waals surface area contributed by atoms with E-state index in [1.54, 1.807) is 0 Å². The summed E-state index contributed by atoms with van der Waals surface area (Å²) in [6.45, 7) is 12.9. The van der Waals surface area contributed by atoms with Crippen LogP contribution in [0.2, 0.25) is 0 Å². The molecule has 0 saturated heterocycles. The van der Waals surface area contributed by atoms with Crippen molar-refractivity contribution in [1.29, 1.82) is 5.26 Å². The van der Waals surface area contributed by atoms with Gasteiger partial charge < -0.3 is 0 Å². The maximum absolute atomic E-state index is 9.56. The smallest absolute Gasteiger partial charge is 0.0672 e. The zero-order valence-electron chi connectivity index (χ0n) is 14.0. The Morgan fingerprint density at radius 1 is 1.15 bits per heavy atom. The van der Waals surface area contributed by atoms with Gasteiger partial charge in [0.2, 0.25) is 0 Å². The molecule has 2 nitrogen and oxygen atoms in total. The Kier molecular flexibility index (Phi) is 4.80. The third kappa shape index (κ3) is 3.76. The van der Waals surface area contributed by atoms with Crippen LogP contribution in [-0.2, 0) is 0 Å². The molecule has 2 saturated carbocycles. The van der Waals surface area contributed by atoms with Crippen LogP contribution in [-0.4, -0.2) is 23.5 Å². The van der Waals surface area contributed by atoms with Crippen LogP contribution in [0.5, 0.6) is 0 Å². The highest BCUT2D eigenvalue weighted by Crippen LogP contribution is 2.44. The molecule has 2 heteroatoms. The average molecular weight is 276 g/mol. The zero-order chi connectivity index (χ0) is 14.9. The molecule has 2 aliphatic carbocycles. The topological polar surface area (TPSA) is 27.0 Å². The van der Waals surface area contributed by atoms with Crippen molar-refractivity contribution in [2.24, 2.45) is 23.2 Å². The van der Waals surface area contributed by atoms with E-state index in [9.17, 15) is 5.26 Å². The Morgan fingerprint density at radius 2 is 1.80 bits per heavy atom. The summed E-state index contributed by atoms with van der Waals surface area (Å²) in [6.07, 6.45) is 6.26. The van der Waals surface area contributed by atoms with Gasteiger partial charge in [-0.15, -0.1) is 0 Å². The Bertz CT molecular complexity index is 357. The van der Waals surface area contributed by atoms with Gasteiger partial charge in [0, 0.05) is 18.6 Å². The summed E-state index contributed by atoms with van der Waals surface area (Å²) in [6, 6.07) is 3.90.